The summed E-state index contributed by atoms with van der Waals surface area (Å²) in [7, 11) is 1.90. The van der Waals surface area contributed by atoms with Gasteiger partial charge in [0.25, 0.3) is 0 Å². The van der Waals surface area contributed by atoms with Crippen molar-refractivity contribution < 1.29 is 0 Å². The first-order valence-electron chi connectivity index (χ1n) is 4.12. The topological polar surface area (TPSA) is 97.4 Å². The third-order valence-corrected chi connectivity index (χ3v) is 2.01. The SMILES string of the molecule is Cn1ccnc1C(NN)c1cn[nH]n1. The molecule has 0 aromatic carbocycles. The number of nitrogens with zero attached hydrogens (tertiary/aromatic N) is 4. The van der Waals surface area contributed by atoms with Crippen LogP contribution < -0.4 is 11.3 Å². The lowest BCUT2D eigenvalue weighted by molar-refractivity contribution is 0.566. The van der Waals surface area contributed by atoms with Gasteiger partial charge < -0.3 is 4.57 Å². The van der Waals surface area contributed by atoms with E-state index in [0.29, 0.717) is 5.69 Å². The van der Waals surface area contributed by atoms with Crippen LogP contribution in [0.4, 0.5) is 0 Å². The van der Waals surface area contributed by atoms with Crippen LogP contribution in [0, 0.1) is 0 Å². The number of nitrogens with two attached hydrogens (primary N) is 1. The van der Waals surface area contributed by atoms with Crippen LogP contribution in [0.5, 0.6) is 0 Å². The molecular formula is C7H11N7. The number of rotatable bonds is 3. The van der Waals surface area contributed by atoms with Gasteiger partial charge in [0.2, 0.25) is 0 Å². The van der Waals surface area contributed by atoms with Crippen molar-refractivity contribution in [1.29, 1.82) is 0 Å². The average Bonchev–Trinajstić information content (AvgIpc) is 2.80. The van der Waals surface area contributed by atoms with Crippen molar-refractivity contribution in [2.75, 3.05) is 0 Å². The number of imidazole rings is 1. The van der Waals surface area contributed by atoms with Gasteiger partial charge in [0.1, 0.15) is 17.6 Å². The van der Waals surface area contributed by atoms with Crippen LogP contribution in [-0.2, 0) is 7.05 Å². The summed E-state index contributed by atoms with van der Waals surface area (Å²) in [6.07, 6.45) is 5.17. The van der Waals surface area contributed by atoms with Crippen LogP contribution in [0.1, 0.15) is 17.6 Å². The molecule has 0 aliphatic heterocycles. The Morgan fingerprint density at radius 3 is 3.00 bits per heavy atom. The third kappa shape index (κ3) is 1.38. The molecule has 0 radical (unpaired) electrons. The molecule has 0 bridgehead atoms. The van der Waals surface area contributed by atoms with E-state index in [0.717, 1.165) is 5.82 Å². The second kappa shape index (κ2) is 3.56. The van der Waals surface area contributed by atoms with E-state index >= 15 is 0 Å². The van der Waals surface area contributed by atoms with E-state index in [2.05, 4.69) is 25.8 Å². The molecule has 0 spiro atoms. The summed E-state index contributed by atoms with van der Waals surface area (Å²) in [6, 6.07) is -0.242. The maximum Gasteiger partial charge on any atom is 0.133 e. The number of hydrogen-bond donors (Lipinski definition) is 3. The third-order valence-electron chi connectivity index (χ3n) is 2.01. The molecule has 14 heavy (non-hydrogen) atoms. The molecule has 0 amide bonds. The van der Waals surface area contributed by atoms with Gasteiger partial charge in [-0.15, -0.1) is 0 Å². The zero-order chi connectivity index (χ0) is 9.97. The van der Waals surface area contributed by atoms with Gasteiger partial charge in [-0.25, -0.2) is 10.4 Å². The van der Waals surface area contributed by atoms with Crippen LogP contribution in [-0.4, -0.2) is 25.0 Å². The van der Waals surface area contributed by atoms with Crippen molar-refractivity contribution in [2.24, 2.45) is 12.9 Å². The van der Waals surface area contributed by atoms with E-state index in [1.165, 1.54) is 0 Å². The van der Waals surface area contributed by atoms with Crippen LogP contribution in [0.2, 0.25) is 0 Å². The molecule has 2 rings (SSSR count). The summed E-state index contributed by atoms with van der Waals surface area (Å²) < 4.78 is 1.87. The molecule has 0 fully saturated rings. The quantitative estimate of drug-likeness (QED) is 0.433. The van der Waals surface area contributed by atoms with Gasteiger partial charge in [-0.1, -0.05) is 0 Å². The number of aromatic amines is 1. The molecule has 7 heteroatoms. The minimum Gasteiger partial charge on any atom is -0.336 e. The van der Waals surface area contributed by atoms with Crippen LogP contribution in [0.25, 0.3) is 0 Å². The fourth-order valence-electron chi connectivity index (χ4n) is 1.30. The van der Waals surface area contributed by atoms with Gasteiger partial charge in [-0.3, -0.25) is 5.84 Å². The first-order valence-corrected chi connectivity index (χ1v) is 4.12. The molecule has 4 N–H and O–H groups in total. The molecule has 1 unspecified atom stereocenters. The predicted molar refractivity (Wildman–Crippen MR) is 48.8 cm³/mol. The number of H-pyrrole nitrogens is 1. The molecule has 74 valence electrons. The minimum atomic E-state index is -0.242. The van der Waals surface area contributed by atoms with E-state index in [4.69, 9.17) is 5.84 Å². The van der Waals surface area contributed by atoms with Crippen LogP contribution in [0.15, 0.2) is 18.6 Å². The minimum absolute atomic E-state index is 0.242. The van der Waals surface area contributed by atoms with Crippen molar-refractivity contribution in [2.45, 2.75) is 6.04 Å². The normalized spacial score (nSPS) is 13.0. The highest BCUT2D eigenvalue weighted by Crippen LogP contribution is 2.15. The number of nitrogens with one attached hydrogen (secondary N) is 2. The van der Waals surface area contributed by atoms with Gasteiger partial charge in [-0.05, 0) is 0 Å². The van der Waals surface area contributed by atoms with Gasteiger partial charge in [0.05, 0.1) is 6.20 Å². The fourth-order valence-corrected chi connectivity index (χ4v) is 1.30. The molecule has 0 aliphatic carbocycles. The van der Waals surface area contributed by atoms with Crippen molar-refractivity contribution in [3.05, 3.63) is 30.1 Å². The van der Waals surface area contributed by atoms with Gasteiger partial charge in [0.15, 0.2) is 0 Å². The summed E-state index contributed by atoms with van der Waals surface area (Å²) in [5, 5.41) is 10.2. The lowest BCUT2D eigenvalue weighted by Gasteiger charge is -2.12. The van der Waals surface area contributed by atoms with Crippen LogP contribution in [0.3, 0.4) is 0 Å². The van der Waals surface area contributed by atoms with Gasteiger partial charge >= 0.3 is 0 Å². The molecule has 7 nitrogen and oxygen atoms in total. The van der Waals surface area contributed by atoms with Crippen molar-refractivity contribution in [1.82, 2.24) is 30.4 Å². The summed E-state index contributed by atoms with van der Waals surface area (Å²) in [6.45, 7) is 0. The van der Waals surface area contributed by atoms with E-state index in [1.54, 1.807) is 12.4 Å². The standard InChI is InChI=1S/C7H11N7/c1-14-3-2-9-7(14)6(11-8)5-4-10-13-12-5/h2-4,6,11H,8H2,1H3,(H,10,12,13). The monoisotopic (exact) mass is 193 g/mol. The second-order valence-electron chi connectivity index (χ2n) is 2.89. The first-order chi connectivity index (χ1) is 6.83. The zero-order valence-corrected chi connectivity index (χ0v) is 7.68. The maximum absolute atomic E-state index is 5.44. The van der Waals surface area contributed by atoms with E-state index in [-0.39, 0.29) is 6.04 Å². The Labute approximate surface area is 80.3 Å². The summed E-state index contributed by atoms with van der Waals surface area (Å²) in [4.78, 5) is 4.18. The fraction of sp³-hybridized carbons (Fsp3) is 0.286. The Hall–Kier alpha value is -1.73. The maximum atomic E-state index is 5.44. The first kappa shape index (κ1) is 8.85. The number of aromatic nitrogens is 5. The molecule has 0 aliphatic rings. The molecule has 1 atom stereocenters. The highest BCUT2D eigenvalue weighted by molar-refractivity contribution is 5.13. The second-order valence-corrected chi connectivity index (χ2v) is 2.89. The van der Waals surface area contributed by atoms with Crippen molar-refractivity contribution >= 4 is 0 Å². The Morgan fingerprint density at radius 1 is 1.64 bits per heavy atom. The Bertz CT molecular complexity index is 390. The highest BCUT2D eigenvalue weighted by Gasteiger charge is 2.18. The van der Waals surface area contributed by atoms with Gasteiger partial charge in [0, 0.05) is 19.4 Å². The summed E-state index contributed by atoms with van der Waals surface area (Å²) >= 11 is 0. The summed E-state index contributed by atoms with van der Waals surface area (Å²) in [5.41, 5.74) is 3.35. The Balaban J connectivity index is 2.36. The number of aryl methyl sites for hydroxylation is 1. The predicted octanol–water partition coefficient (Wildman–Crippen LogP) is -0.909. The average molecular weight is 193 g/mol. The molecule has 2 aromatic rings. The number of hydrazine groups is 1. The van der Waals surface area contributed by atoms with Crippen LogP contribution >= 0.6 is 0 Å². The Morgan fingerprint density at radius 2 is 2.50 bits per heavy atom. The lowest BCUT2D eigenvalue weighted by Crippen LogP contribution is -2.31. The van der Waals surface area contributed by atoms with E-state index in [1.807, 2.05) is 17.8 Å². The molecule has 2 aromatic heterocycles. The molecule has 0 saturated heterocycles. The Kier molecular flexibility index (Phi) is 2.25. The molecule has 0 saturated carbocycles. The zero-order valence-electron chi connectivity index (χ0n) is 7.68. The van der Waals surface area contributed by atoms with E-state index < -0.39 is 0 Å². The molecule has 2 heterocycles. The lowest BCUT2D eigenvalue weighted by atomic mass is 10.2. The number of hydrogen-bond acceptors (Lipinski definition) is 5. The smallest absolute Gasteiger partial charge is 0.133 e. The highest BCUT2D eigenvalue weighted by atomic mass is 15.3. The largest absolute Gasteiger partial charge is 0.336 e. The van der Waals surface area contributed by atoms with Gasteiger partial charge in [-0.2, -0.15) is 15.4 Å². The van der Waals surface area contributed by atoms with Crippen molar-refractivity contribution in [3.63, 3.8) is 0 Å². The summed E-state index contributed by atoms with van der Waals surface area (Å²) in [5.74, 6) is 6.23. The van der Waals surface area contributed by atoms with E-state index in [9.17, 15) is 0 Å². The molecular weight excluding hydrogens is 182 g/mol. The van der Waals surface area contributed by atoms with Crippen molar-refractivity contribution in [3.8, 4) is 0 Å².